The Morgan fingerprint density at radius 3 is 3.05 bits per heavy atom. The summed E-state index contributed by atoms with van der Waals surface area (Å²) in [6.45, 7) is 4.86. The van der Waals surface area contributed by atoms with Gasteiger partial charge in [0.05, 0.1) is 21.3 Å². The zero-order chi connectivity index (χ0) is 15.1. The summed E-state index contributed by atoms with van der Waals surface area (Å²) in [5.41, 5.74) is 2.00. The molecule has 6 heteroatoms. The number of aromatic nitrogens is 3. The zero-order valence-electron chi connectivity index (χ0n) is 12.6. The van der Waals surface area contributed by atoms with Gasteiger partial charge in [0.1, 0.15) is 0 Å². The Hall–Kier alpha value is -1.79. The topological polar surface area (TPSA) is 61.0 Å². The van der Waals surface area contributed by atoms with Crippen LogP contribution in [0.3, 0.4) is 0 Å². The number of thiazole rings is 1. The molecule has 114 valence electrons. The Kier molecular flexibility index (Phi) is 3.43. The smallest absolute Gasteiger partial charge is 0.230 e. The standard InChI is InChI=1S/C16H17N3O2S/c1-9-7-12(5-6-20-9)16-18-15(19-21-16)11-3-4-13-14(8-11)22-10(2)17-13/h3-4,8-9,12H,5-7H2,1-2H3/t9-,12+/m1/s1. The molecule has 22 heavy (non-hydrogen) atoms. The first-order chi connectivity index (χ1) is 10.7. The van der Waals surface area contributed by atoms with Gasteiger partial charge < -0.3 is 9.26 Å². The van der Waals surface area contributed by atoms with Crippen molar-refractivity contribution in [3.8, 4) is 11.4 Å². The van der Waals surface area contributed by atoms with Gasteiger partial charge in [-0.1, -0.05) is 5.16 Å². The van der Waals surface area contributed by atoms with Crippen molar-refractivity contribution in [1.82, 2.24) is 15.1 Å². The van der Waals surface area contributed by atoms with Crippen LogP contribution >= 0.6 is 11.3 Å². The van der Waals surface area contributed by atoms with E-state index in [2.05, 4.69) is 28.1 Å². The molecule has 0 aliphatic carbocycles. The second kappa shape index (κ2) is 5.44. The molecule has 2 aromatic heterocycles. The molecular formula is C16H17N3O2S. The Balaban J connectivity index is 1.64. The number of benzene rings is 1. The average Bonchev–Trinajstić information content (AvgIpc) is 3.11. The van der Waals surface area contributed by atoms with Gasteiger partial charge in [-0.25, -0.2) is 4.98 Å². The number of hydrogen-bond donors (Lipinski definition) is 0. The maximum atomic E-state index is 5.58. The molecule has 0 spiro atoms. The quantitative estimate of drug-likeness (QED) is 0.717. The van der Waals surface area contributed by atoms with E-state index in [-0.39, 0.29) is 6.10 Å². The molecule has 1 aliphatic heterocycles. The minimum absolute atomic E-state index is 0.255. The lowest BCUT2D eigenvalue weighted by Crippen LogP contribution is -2.21. The van der Waals surface area contributed by atoms with Gasteiger partial charge in [0, 0.05) is 18.1 Å². The van der Waals surface area contributed by atoms with E-state index in [1.165, 1.54) is 0 Å². The first-order valence-corrected chi connectivity index (χ1v) is 8.33. The fourth-order valence-electron chi connectivity index (χ4n) is 2.92. The highest BCUT2D eigenvalue weighted by molar-refractivity contribution is 7.18. The van der Waals surface area contributed by atoms with Gasteiger partial charge in [-0.05, 0) is 44.9 Å². The number of aryl methyl sites for hydroxylation is 1. The number of nitrogens with zero attached hydrogens (tertiary/aromatic N) is 3. The molecule has 4 rings (SSSR count). The summed E-state index contributed by atoms with van der Waals surface area (Å²) in [5.74, 6) is 1.69. The van der Waals surface area contributed by atoms with Crippen LogP contribution in [-0.2, 0) is 4.74 Å². The van der Waals surface area contributed by atoms with Crippen molar-refractivity contribution in [2.75, 3.05) is 6.61 Å². The lowest BCUT2D eigenvalue weighted by molar-refractivity contribution is 0.0134. The van der Waals surface area contributed by atoms with Crippen molar-refractivity contribution in [1.29, 1.82) is 0 Å². The van der Waals surface area contributed by atoms with Gasteiger partial charge in [0.15, 0.2) is 0 Å². The molecule has 1 saturated heterocycles. The number of ether oxygens (including phenoxy) is 1. The highest BCUT2D eigenvalue weighted by Gasteiger charge is 2.26. The van der Waals surface area contributed by atoms with Crippen LogP contribution in [0, 0.1) is 6.92 Å². The van der Waals surface area contributed by atoms with Crippen LogP contribution in [0.2, 0.25) is 0 Å². The number of rotatable bonds is 2. The van der Waals surface area contributed by atoms with Crippen molar-refractivity contribution in [3.63, 3.8) is 0 Å². The zero-order valence-corrected chi connectivity index (χ0v) is 13.4. The first kappa shape index (κ1) is 13.8. The SMILES string of the molecule is Cc1nc2ccc(-c3noc([C@H]4CCO[C@H](C)C4)n3)cc2s1. The molecule has 3 aromatic rings. The van der Waals surface area contributed by atoms with Crippen molar-refractivity contribution >= 4 is 21.6 Å². The number of fused-ring (bicyclic) bond motifs is 1. The predicted molar refractivity (Wildman–Crippen MR) is 85.0 cm³/mol. The second-order valence-corrected chi connectivity index (χ2v) is 7.01. The normalized spacial score (nSPS) is 22.3. The van der Waals surface area contributed by atoms with E-state index in [9.17, 15) is 0 Å². The number of hydrogen-bond acceptors (Lipinski definition) is 6. The summed E-state index contributed by atoms with van der Waals surface area (Å²) in [5, 5.41) is 5.22. The highest BCUT2D eigenvalue weighted by Crippen LogP contribution is 2.31. The molecule has 0 amide bonds. The molecule has 2 atom stereocenters. The molecule has 0 saturated carbocycles. The maximum Gasteiger partial charge on any atom is 0.230 e. The van der Waals surface area contributed by atoms with E-state index in [0.29, 0.717) is 11.7 Å². The molecule has 0 N–H and O–H groups in total. The Labute approximate surface area is 132 Å². The van der Waals surface area contributed by atoms with Gasteiger partial charge >= 0.3 is 0 Å². The predicted octanol–water partition coefficient (Wildman–Crippen LogP) is 3.94. The molecule has 1 aromatic carbocycles. The minimum Gasteiger partial charge on any atom is -0.378 e. The van der Waals surface area contributed by atoms with E-state index >= 15 is 0 Å². The van der Waals surface area contributed by atoms with Gasteiger partial charge in [-0.15, -0.1) is 11.3 Å². The molecule has 0 bridgehead atoms. The summed E-state index contributed by atoms with van der Waals surface area (Å²) >= 11 is 1.68. The van der Waals surface area contributed by atoms with E-state index in [1.54, 1.807) is 11.3 Å². The maximum absolute atomic E-state index is 5.58. The van der Waals surface area contributed by atoms with E-state index in [4.69, 9.17) is 9.26 Å². The van der Waals surface area contributed by atoms with Gasteiger partial charge in [-0.2, -0.15) is 4.98 Å². The van der Waals surface area contributed by atoms with Crippen LogP contribution in [0.4, 0.5) is 0 Å². The van der Waals surface area contributed by atoms with E-state index in [0.717, 1.165) is 46.1 Å². The van der Waals surface area contributed by atoms with E-state index in [1.807, 2.05) is 19.1 Å². The summed E-state index contributed by atoms with van der Waals surface area (Å²) in [6, 6.07) is 6.10. The fraction of sp³-hybridized carbons (Fsp3) is 0.438. The van der Waals surface area contributed by atoms with Gasteiger partial charge in [0.25, 0.3) is 0 Å². The molecular weight excluding hydrogens is 298 g/mol. The second-order valence-electron chi connectivity index (χ2n) is 5.77. The van der Waals surface area contributed by atoms with Crippen molar-refractivity contribution in [2.45, 2.75) is 38.7 Å². The van der Waals surface area contributed by atoms with Crippen LogP contribution in [0.15, 0.2) is 22.7 Å². The summed E-state index contributed by atoms with van der Waals surface area (Å²) in [4.78, 5) is 9.08. The van der Waals surface area contributed by atoms with Gasteiger partial charge in [-0.3, -0.25) is 0 Å². The van der Waals surface area contributed by atoms with Crippen LogP contribution in [0.1, 0.15) is 36.6 Å². The van der Waals surface area contributed by atoms with E-state index < -0.39 is 0 Å². The van der Waals surface area contributed by atoms with Crippen molar-refractivity contribution < 1.29 is 9.26 Å². The van der Waals surface area contributed by atoms with Crippen molar-refractivity contribution in [3.05, 3.63) is 29.1 Å². The largest absolute Gasteiger partial charge is 0.378 e. The lowest BCUT2D eigenvalue weighted by Gasteiger charge is -2.24. The first-order valence-electron chi connectivity index (χ1n) is 7.52. The summed E-state index contributed by atoms with van der Waals surface area (Å²) in [7, 11) is 0. The van der Waals surface area contributed by atoms with Crippen LogP contribution in [0.5, 0.6) is 0 Å². The fourth-order valence-corrected chi connectivity index (χ4v) is 3.79. The average molecular weight is 315 g/mol. The third-order valence-corrected chi connectivity index (χ3v) is 4.96. The third kappa shape index (κ3) is 2.53. The minimum atomic E-state index is 0.255. The Morgan fingerprint density at radius 2 is 2.18 bits per heavy atom. The Morgan fingerprint density at radius 1 is 1.27 bits per heavy atom. The van der Waals surface area contributed by atoms with Gasteiger partial charge in [0.2, 0.25) is 11.7 Å². The summed E-state index contributed by atoms with van der Waals surface area (Å²) in [6.07, 6.45) is 2.14. The highest BCUT2D eigenvalue weighted by atomic mass is 32.1. The lowest BCUT2D eigenvalue weighted by atomic mass is 9.96. The Bertz CT molecular complexity index is 811. The molecule has 1 aliphatic rings. The monoisotopic (exact) mass is 315 g/mol. The molecule has 0 unspecified atom stereocenters. The third-order valence-electron chi connectivity index (χ3n) is 4.03. The molecule has 0 radical (unpaired) electrons. The molecule has 1 fully saturated rings. The van der Waals surface area contributed by atoms with Crippen LogP contribution in [-0.4, -0.2) is 27.8 Å². The van der Waals surface area contributed by atoms with Crippen LogP contribution in [0.25, 0.3) is 21.6 Å². The summed E-state index contributed by atoms with van der Waals surface area (Å²) < 4.78 is 12.2. The van der Waals surface area contributed by atoms with Crippen molar-refractivity contribution in [2.24, 2.45) is 0 Å². The van der Waals surface area contributed by atoms with Crippen LogP contribution < -0.4 is 0 Å². The molecule has 5 nitrogen and oxygen atoms in total. The molecule has 3 heterocycles.